The Morgan fingerprint density at radius 1 is 1.17 bits per heavy atom. The highest BCUT2D eigenvalue weighted by molar-refractivity contribution is 6.34. The van der Waals surface area contributed by atoms with Crippen molar-refractivity contribution in [2.24, 2.45) is 0 Å². The van der Waals surface area contributed by atoms with E-state index in [2.05, 4.69) is 25.4 Å². The monoisotopic (exact) mass is 524 g/mol. The number of aromatic nitrogens is 5. The van der Waals surface area contributed by atoms with E-state index in [1.165, 1.54) is 30.3 Å². The number of methoxy groups -OCH3 is 1. The second kappa shape index (κ2) is 9.96. The zero-order valence-corrected chi connectivity index (χ0v) is 20.4. The number of nitrogens with zero attached hydrogens (tertiary/aromatic N) is 4. The van der Waals surface area contributed by atoms with E-state index in [0.29, 0.717) is 27.6 Å². The van der Waals surface area contributed by atoms with Gasteiger partial charge in [-0.1, -0.05) is 35.3 Å². The van der Waals surface area contributed by atoms with E-state index in [9.17, 15) is 9.18 Å². The summed E-state index contributed by atoms with van der Waals surface area (Å²) in [4.78, 5) is 24.9. The standard InChI is InChI=1S/C25H19Cl2FN6O2/c1-36-25-30-13-34(33-25)17-6-7-18(20(27)11-17)24(35)29-12-19(14-3-2-4-16(28)9-14)23-31-21-8-5-15(26)10-22(21)32-23/h2-11,13,19H,12H2,1H3,(H,29,35)(H,31,32)/t19-/m0/s1. The summed E-state index contributed by atoms with van der Waals surface area (Å²) in [6.07, 6.45) is 1.48. The van der Waals surface area contributed by atoms with E-state index < -0.39 is 5.92 Å². The van der Waals surface area contributed by atoms with Gasteiger partial charge in [0.15, 0.2) is 0 Å². The number of nitrogens with one attached hydrogen (secondary N) is 2. The summed E-state index contributed by atoms with van der Waals surface area (Å²) < 4.78 is 20.5. The molecular weight excluding hydrogens is 506 g/mol. The smallest absolute Gasteiger partial charge is 0.335 e. The van der Waals surface area contributed by atoms with Crippen LogP contribution in [0.4, 0.5) is 4.39 Å². The molecule has 0 fully saturated rings. The molecule has 5 rings (SSSR count). The summed E-state index contributed by atoms with van der Waals surface area (Å²) in [5, 5.41) is 7.85. The average Bonchev–Trinajstić information content (AvgIpc) is 3.51. The fourth-order valence-electron chi connectivity index (χ4n) is 3.85. The predicted octanol–water partition coefficient (Wildman–Crippen LogP) is 5.16. The molecule has 0 saturated carbocycles. The number of ether oxygens (including phenoxy) is 1. The van der Waals surface area contributed by atoms with Gasteiger partial charge in [-0.2, -0.15) is 4.98 Å². The van der Waals surface area contributed by atoms with Crippen molar-refractivity contribution in [1.29, 1.82) is 0 Å². The molecule has 0 aliphatic heterocycles. The van der Waals surface area contributed by atoms with Crippen molar-refractivity contribution < 1.29 is 13.9 Å². The van der Waals surface area contributed by atoms with Crippen LogP contribution < -0.4 is 10.1 Å². The van der Waals surface area contributed by atoms with Gasteiger partial charge in [0.25, 0.3) is 5.91 Å². The van der Waals surface area contributed by atoms with Gasteiger partial charge in [-0.3, -0.25) is 4.79 Å². The molecular formula is C25H19Cl2FN6O2. The number of carbonyl (C=O) groups is 1. The second-order valence-electron chi connectivity index (χ2n) is 7.94. The highest BCUT2D eigenvalue weighted by atomic mass is 35.5. The minimum atomic E-state index is -0.448. The molecule has 0 aliphatic rings. The number of hydrogen-bond acceptors (Lipinski definition) is 5. The number of carbonyl (C=O) groups excluding carboxylic acids is 1. The van der Waals surface area contributed by atoms with Gasteiger partial charge in [0.05, 0.1) is 40.3 Å². The third-order valence-corrected chi connectivity index (χ3v) is 6.17. The van der Waals surface area contributed by atoms with Crippen LogP contribution in [0, 0.1) is 5.82 Å². The van der Waals surface area contributed by atoms with E-state index in [1.807, 2.05) is 0 Å². The molecule has 0 radical (unpaired) electrons. The molecule has 36 heavy (non-hydrogen) atoms. The molecule has 11 heteroatoms. The van der Waals surface area contributed by atoms with Crippen molar-refractivity contribution in [3.05, 3.63) is 99.8 Å². The Labute approximate surface area is 215 Å². The van der Waals surface area contributed by atoms with Crippen molar-refractivity contribution >= 4 is 40.1 Å². The van der Waals surface area contributed by atoms with Crippen LogP contribution in [0.5, 0.6) is 6.01 Å². The van der Waals surface area contributed by atoms with E-state index in [-0.39, 0.29) is 34.9 Å². The van der Waals surface area contributed by atoms with Crippen molar-refractivity contribution in [3.63, 3.8) is 0 Å². The molecule has 2 heterocycles. The van der Waals surface area contributed by atoms with Crippen LogP contribution in [-0.2, 0) is 0 Å². The number of fused-ring (bicyclic) bond motifs is 1. The van der Waals surface area contributed by atoms with Gasteiger partial charge in [0.1, 0.15) is 18.0 Å². The largest absolute Gasteiger partial charge is 0.466 e. The first-order valence-corrected chi connectivity index (χ1v) is 11.6. The fraction of sp³-hybridized carbons (Fsp3) is 0.120. The third kappa shape index (κ3) is 4.89. The molecule has 3 aromatic carbocycles. The highest BCUT2D eigenvalue weighted by Gasteiger charge is 2.21. The summed E-state index contributed by atoms with van der Waals surface area (Å²) in [5.41, 5.74) is 3.01. The second-order valence-corrected chi connectivity index (χ2v) is 8.78. The Morgan fingerprint density at radius 3 is 2.78 bits per heavy atom. The number of imidazole rings is 1. The van der Waals surface area contributed by atoms with E-state index in [0.717, 1.165) is 5.52 Å². The molecule has 0 bridgehead atoms. The number of hydrogen-bond donors (Lipinski definition) is 2. The zero-order chi connectivity index (χ0) is 25.2. The predicted molar refractivity (Wildman–Crippen MR) is 135 cm³/mol. The van der Waals surface area contributed by atoms with Crippen LogP contribution in [0.3, 0.4) is 0 Å². The fourth-order valence-corrected chi connectivity index (χ4v) is 4.28. The van der Waals surface area contributed by atoms with Crippen LogP contribution in [0.1, 0.15) is 27.7 Å². The van der Waals surface area contributed by atoms with Gasteiger partial charge in [0, 0.05) is 11.6 Å². The van der Waals surface area contributed by atoms with Crippen molar-refractivity contribution in [1.82, 2.24) is 30.0 Å². The van der Waals surface area contributed by atoms with Crippen molar-refractivity contribution in [3.8, 4) is 11.7 Å². The number of halogens is 3. The van der Waals surface area contributed by atoms with Gasteiger partial charge < -0.3 is 15.0 Å². The molecule has 0 saturated heterocycles. The number of H-pyrrole nitrogens is 1. The minimum Gasteiger partial charge on any atom is -0.466 e. The lowest BCUT2D eigenvalue weighted by atomic mass is 9.98. The molecule has 8 nitrogen and oxygen atoms in total. The quantitative estimate of drug-likeness (QED) is 0.306. The maximum Gasteiger partial charge on any atom is 0.335 e. The summed E-state index contributed by atoms with van der Waals surface area (Å²) in [7, 11) is 1.47. The van der Waals surface area contributed by atoms with Gasteiger partial charge in [-0.25, -0.2) is 14.1 Å². The Morgan fingerprint density at radius 2 is 2.03 bits per heavy atom. The van der Waals surface area contributed by atoms with E-state index in [1.54, 1.807) is 48.5 Å². The van der Waals surface area contributed by atoms with Crippen LogP contribution in [0.25, 0.3) is 16.7 Å². The summed E-state index contributed by atoms with van der Waals surface area (Å²) >= 11 is 12.5. The minimum absolute atomic E-state index is 0.147. The van der Waals surface area contributed by atoms with E-state index in [4.69, 9.17) is 27.9 Å². The normalized spacial score (nSPS) is 12.0. The first-order chi connectivity index (χ1) is 17.4. The molecule has 2 aromatic heterocycles. The summed E-state index contributed by atoms with van der Waals surface area (Å²) in [6.45, 7) is 0.147. The highest BCUT2D eigenvalue weighted by Crippen LogP contribution is 2.27. The van der Waals surface area contributed by atoms with E-state index >= 15 is 0 Å². The third-order valence-electron chi connectivity index (χ3n) is 5.63. The summed E-state index contributed by atoms with van der Waals surface area (Å²) in [5.74, 6) is -0.647. The zero-order valence-electron chi connectivity index (χ0n) is 18.9. The SMILES string of the molecule is COc1ncn(-c2ccc(C(=O)NC[C@@H](c3cccc(F)c3)c3nc4ccc(Cl)cc4[nH]3)c(Cl)c2)n1. The lowest BCUT2D eigenvalue weighted by molar-refractivity contribution is 0.0952. The Hall–Kier alpha value is -3.95. The Balaban J connectivity index is 1.40. The molecule has 1 atom stereocenters. The number of aromatic amines is 1. The van der Waals surface area contributed by atoms with Gasteiger partial charge >= 0.3 is 6.01 Å². The van der Waals surface area contributed by atoms with Gasteiger partial charge in [0.2, 0.25) is 0 Å². The first-order valence-electron chi connectivity index (χ1n) is 10.9. The molecule has 2 N–H and O–H groups in total. The summed E-state index contributed by atoms with van der Waals surface area (Å²) in [6, 6.07) is 16.6. The maximum atomic E-state index is 14.0. The average molecular weight is 525 g/mol. The number of benzene rings is 3. The lowest BCUT2D eigenvalue weighted by Gasteiger charge is -2.17. The Bertz CT molecular complexity index is 1570. The van der Waals surface area contributed by atoms with Crippen LogP contribution in [-0.4, -0.2) is 44.3 Å². The molecule has 1 amide bonds. The Kier molecular flexibility index (Phi) is 6.58. The van der Waals surface area contributed by atoms with Gasteiger partial charge in [-0.15, -0.1) is 5.10 Å². The molecule has 0 spiro atoms. The first kappa shape index (κ1) is 23.8. The van der Waals surface area contributed by atoms with Crippen LogP contribution in [0.15, 0.2) is 67.0 Å². The van der Waals surface area contributed by atoms with Crippen LogP contribution >= 0.6 is 23.2 Å². The lowest BCUT2D eigenvalue weighted by Crippen LogP contribution is -2.29. The molecule has 182 valence electrons. The molecule has 0 unspecified atom stereocenters. The maximum absolute atomic E-state index is 14.0. The van der Waals surface area contributed by atoms with Crippen molar-refractivity contribution in [2.75, 3.05) is 13.7 Å². The van der Waals surface area contributed by atoms with Crippen LogP contribution in [0.2, 0.25) is 10.0 Å². The topological polar surface area (TPSA) is 97.7 Å². The number of rotatable bonds is 7. The van der Waals surface area contributed by atoms with Gasteiger partial charge in [-0.05, 0) is 54.1 Å². The number of amides is 1. The molecule has 5 aromatic rings. The van der Waals surface area contributed by atoms with Crippen molar-refractivity contribution in [2.45, 2.75) is 5.92 Å². The molecule has 0 aliphatic carbocycles.